The Kier molecular flexibility index (Phi) is 5.48. The minimum Gasteiger partial charge on any atom is -0.308 e. The molecule has 2 nitrogen and oxygen atoms in total. The third-order valence-electron chi connectivity index (χ3n) is 15.3. The van der Waals surface area contributed by atoms with Crippen LogP contribution in [0.25, 0.3) is 98.4 Å². The Balaban J connectivity index is 1.09. The largest absolute Gasteiger partial charge is 0.308 e. The molecule has 2 aliphatic carbocycles. The molecule has 0 aliphatic heterocycles. The first-order valence-corrected chi connectivity index (χ1v) is 21.3. The van der Waals surface area contributed by atoms with E-state index < -0.39 is 0 Å². The lowest BCUT2D eigenvalue weighted by atomic mass is 9.74. The summed E-state index contributed by atoms with van der Waals surface area (Å²) in [7, 11) is 0. The maximum atomic E-state index is 2.61. The molecule has 278 valence electrons. The van der Waals surface area contributed by atoms with Gasteiger partial charge in [-0.25, -0.2) is 0 Å². The number of fused-ring (bicyclic) bond motifs is 20. The number of hydrogen-bond acceptors (Lipinski definition) is 0. The Morgan fingerprint density at radius 3 is 0.967 bits per heavy atom. The number of aromatic nitrogens is 2. The van der Waals surface area contributed by atoms with Crippen molar-refractivity contribution in [2.75, 3.05) is 0 Å². The van der Waals surface area contributed by atoms with Crippen LogP contribution in [0.1, 0.15) is 47.2 Å². The van der Waals surface area contributed by atoms with E-state index in [4.69, 9.17) is 0 Å². The third kappa shape index (κ3) is 3.35. The summed E-state index contributed by atoms with van der Waals surface area (Å²) in [6, 6.07) is 69.1. The molecule has 0 atom stereocenters. The van der Waals surface area contributed by atoms with Gasteiger partial charge in [0.15, 0.2) is 0 Å². The van der Waals surface area contributed by atoms with Gasteiger partial charge < -0.3 is 8.80 Å². The van der Waals surface area contributed by atoms with Gasteiger partial charge >= 0.3 is 0 Å². The number of nitrogens with zero attached hydrogens (tertiary/aromatic N) is 2. The standard InChI is InChI=1S/C58H36N2/c1-57(43-21-9-3-15-35(43)36-16-4-10-22-44(36)57)33-27-29-41-49(31-33)59-47-25-13-7-19-39(47)52-54-42-30-28-34(58(2)45-23-11-5-17-37(45)38-18-6-12-24-46(38)58)32-50(42)60-48-26-14-8-20-40(48)51(56(54)60)53(41)55(52)59/h3-32H,1-2H3. The smallest absolute Gasteiger partial charge is 0.0634 e. The minimum atomic E-state index is -0.283. The SMILES string of the molecule is CC1(c2ccc3c4c5c6ccccc6n6c7cc(C8(C)c9ccccc9-c9ccccc98)ccc7c(c7c8ccccc8n(c3c2)c74)c56)c2ccccc2-c2ccccc21. The molecule has 0 bridgehead atoms. The first kappa shape index (κ1) is 31.6. The van der Waals surface area contributed by atoms with Crippen molar-refractivity contribution in [2.24, 2.45) is 0 Å². The second kappa shape index (κ2) is 10.4. The predicted molar refractivity (Wildman–Crippen MR) is 251 cm³/mol. The molecule has 4 aromatic heterocycles. The normalized spacial score (nSPS) is 15.1. The molecule has 60 heavy (non-hydrogen) atoms. The first-order chi connectivity index (χ1) is 29.6. The molecule has 15 rings (SSSR count). The van der Waals surface area contributed by atoms with Gasteiger partial charge in [-0.15, -0.1) is 0 Å². The topological polar surface area (TPSA) is 8.82 Å². The summed E-state index contributed by atoms with van der Waals surface area (Å²) in [4.78, 5) is 0. The number of hydrogen-bond donors (Lipinski definition) is 0. The summed E-state index contributed by atoms with van der Waals surface area (Å²) in [5.41, 5.74) is 20.7. The quantitative estimate of drug-likeness (QED) is 0.166. The second-order valence-corrected chi connectivity index (χ2v) is 17.8. The zero-order chi connectivity index (χ0) is 39.2. The molecule has 4 heterocycles. The van der Waals surface area contributed by atoms with E-state index in [0.717, 1.165) is 0 Å². The average Bonchev–Trinajstić information content (AvgIpc) is 4.12. The Morgan fingerprint density at radius 2 is 0.600 bits per heavy atom. The van der Waals surface area contributed by atoms with Crippen LogP contribution in [0.4, 0.5) is 0 Å². The molecule has 13 aromatic rings. The molecule has 0 N–H and O–H groups in total. The molecule has 2 heteroatoms. The van der Waals surface area contributed by atoms with E-state index >= 15 is 0 Å². The van der Waals surface area contributed by atoms with Crippen LogP contribution in [0.2, 0.25) is 0 Å². The van der Waals surface area contributed by atoms with Gasteiger partial charge in [0.25, 0.3) is 0 Å². The van der Waals surface area contributed by atoms with Crippen molar-refractivity contribution >= 4 is 76.2 Å². The van der Waals surface area contributed by atoms with Crippen LogP contribution < -0.4 is 0 Å². The molecule has 0 fully saturated rings. The van der Waals surface area contributed by atoms with Gasteiger partial charge in [-0.3, -0.25) is 0 Å². The lowest BCUT2D eigenvalue weighted by Crippen LogP contribution is -2.22. The average molecular weight is 761 g/mol. The van der Waals surface area contributed by atoms with E-state index in [2.05, 4.69) is 205 Å². The molecular formula is C58H36N2. The maximum absolute atomic E-state index is 2.61. The third-order valence-corrected chi connectivity index (χ3v) is 15.3. The molecule has 0 saturated carbocycles. The second-order valence-electron chi connectivity index (χ2n) is 17.8. The van der Waals surface area contributed by atoms with E-state index in [1.807, 2.05) is 0 Å². The highest BCUT2D eigenvalue weighted by atomic mass is 14.9. The Morgan fingerprint density at radius 1 is 0.300 bits per heavy atom. The van der Waals surface area contributed by atoms with Crippen molar-refractivity contribution in [2.45, 2.75) is 24.7 Å². The first-order valence-electron chi connectivity index (χ1n) is 21.3. The fourth-order valence-corrected chi connectivity index (χ4v) is 12.7. The molecule has 0 radical (unpaired) electrons. The van der Waals surface area contributed by atoms with Crippen molar-refractivity contribution in [1.82, 2.24) is 8.80 Å². The summed E-state index contributed by atoms with van der Waals surface area (Å²) in [6.45, 7) is 4.86. The minimum absolute atomic E-state index is 0.283. The van der Waals surface area contributed by atoms with Crippen molar-refractivity contribution in [3.63, 3.8) is 0 Å². The van der Waals surface area contributed by atoms with Crippen LogP contribution >= 0.6 is 0 Å². The van der Waals surface area contributed by atoms with Gasteiger partial charge in [-0.1, -0.05) is 158 Å². The van der Waals surface area contributed by atoms with Gasteiger partial charge in [-0.05, 0) is 93.7 Å². The fraction of sp³-hybridized carbons (Fsp3) is 0.0690. The molecule has 2 aliphatic rings. The highest BCUT2D eigenvalue weighted by Gasteiger charge is 2.42. The van der Waals surface area contributed by atoms with Crippen LogP contribution in [0, 0.1) is 0 Å². The highest BCUT2D eigenvalue weighted by Crippen LogP contribution is 2.57. The Hall–Kier alpha value is -7.42. The zero-order valence-corrected chi connectivity index (χ0v) is 33.2. The number of para-hydroxylation sites is 2. The monoisotopic (exact) mass is 760 g/mol. The lowest BCUT2D eigenvalue weighted by molar-refractivity contribution is 0.715. The summed E-state index contributed by atoms with van der Waals surface area (Å²) in [5.74, 6) is 0. The van der Waals surface area contributed by atoms with Crippen molar-refractivity contribution in [1.29, 1.82) is 0 Å². The van der Waals surface area contributed by atoms with Crippen LogP contribution in [0.15, 0.2) is 182 Å². The van der Waals surface area contributed by atoms with Crippen molar-refractivity contribution in [3.8, 4) is 22.3 Å². The Bertz CT molecular complexity index is 3690. The number of rotatable bonds is 2. The predicted octanol–water partition coefficient (Wildman–Crippen LogP) is 14.7. The zero-order valence-electron chi connectivity index (χ0n) is 33.2. The van der Waals surface area contributed by atoms with Crippen LogP contribution in [-0.2, 0) is 10.8 Å². The summed E-state index contributed by atoms with van der Waals surface area (Å²) >= 11 is 0. The number of benzene rings is 9. The van der Waals surface area contributed by atoms with Gasteiger partial charge in [0.05, 0.1) is 33.1 Å². The highest BCUT2D eigenvalue weighted by molar-refractivity contribution is 6.45. The van der Waals surface area contributed by atoms with Crippen LogP contribution in [0.5, 0.6) is 0 Å². The van der Waals surface area contributed by atoms with Crippen molar-refractivity contribution < 1.29 is 0 Å². The van der Waals surface area contributed by atoms with Crippen LogP contribution in [0.3, 0.4) is 0 Å². The summed E-state index contributed by atoms with van der Waals surface area (Å²) in [5, 5.41) is 10.7. The molecule has 9 aromatic carbocycles. The molecule has 0 saturated heterocycles. The van der Waals surface area contributed by atoms with E-state index in [0.29, 0.717) is 0 Å². The molecule has 0 unspecified atom stereocenters. The maximum Gasteiger partial charge on any atom is 0.0634 e. The van der Waals surface area contributed by atoms with E-state index in [1.54, 1.807) is 0 Å². The van der Waals surface area contributed by atoms with E-state index in [9.17, 15) is 0 Å². The van der Waals surface area contributed by atoms with E-state index in [-0.39, 0.29) is 10.8 Å². The molecule has 0 spiro atoms. The van der Waals surface area contributed by atoms with E-state index in [1.165, 1.54) is 132 Å². The van der Waals surface area contributed by atoms with Gasteiger partial charge in [-0.2, -0.15) is 0 Å². The molecular weight excluding hydrogens is 725 g/mol. The van der Waals surface area contributed by atoms with Crippen LogP contribution in [-0.4, -0.2) is 8.80 Å². The summed E-state index contributed by atoms with van der Waals surface area (Å²) in [6.07, 6.45) is 0. The molecule has 0 amide bonds. The Labute approximate surface area is 345 Å². The van der Waals surface area contributed by atoms with Crippen molar-refractivity contribution in [3.05, 3.63) is 215 Å². The summed E-state index contributed by atoms with van der Waals surface area (Å²) < 4.78 is 5.22. The van der Waals surface area contributed by atoms with Gasteiger partial charge in [0.1, 0.15) is 0 Å². The van der Waals surface area contributed by atoms with Gasteiger partial charge in [0.2, 0.25) is 0 Å². The van der Waals surface area contributed by atoms with Gasteiger partial charge in [0, 0.05) is 53.9 Å². The fourth-order valence-electron chi connectivity index (χ4n) is 12.7. The lowest BCUT2D eigenvalue weighted by Gasteiger charge is -2.28.